The highest BCUT2D eigenvalue weighted by Crippen LogP contribution is 2.28. The van der Waals surface area contributed by atoms with Crippen LogP contribution in [-0.2, 0) is 9.57 Å². The molecule has 0 heterocycles. The Hall–Kier alpha value is -2.99. The van der Waals surface area contributed by atoms with E-state index >= 15 is 0 Å². The fraction of sp³-hybridized carbons (Fsp3) is 0.423. The second-order valence-corrected chi connectivity index (χ2v) is 7.32. The fourth-order valence-electron chi connectivity index (χ4n) is 3.17. The number of methoxy groups -OCH3 is 1. The molecule has 0 unspecified atom stereocenters. The molecule has 0 aliphatic rings. The number of hydrogen-bond donors (Lipinski definition) is 0. The van der Waals surface area contributed by atoms with E-state index in [-0.39, 0.29) is 0 Å². The average molecular weight is 442 g/mol. The first-order valence-electron chi connectivity index (χ1n) is 10.9. The molecule has 0 spiro atoms. The molecule has 2 aromatic carbocycles. The largest absolute Gasteiger partial charge is 0.497 e. The number of hydrogen-bond acceptors (Lipinski definition) is 6. The third kappa shape index (κ3) is 8.27. The Morgan fingerprint density at radius 1 is 0.906 bits per heavy atom. The highest BCUT2D eigenvalue weighted by molar-refractivity contribution is 6.01. The summed E-state index contributed by atoms with van der Waals surface area (Å²) >= 11 is 0. The zero-order valence-electron chi connectivity index (χ0n) is 19.8. The molecule has 0 fully saturated rings. The van der Waals surface area contributed by atoms with Crippen molar-refractivity contribution in [2.24, 2.45) is 5.16 Å². The van der Waals surface area contributed by atoms with Gasteiger partial charge in [-0.25, -0.2) is 0 Å². The predicted octanol–water partition coefficient (Wildman–Crippen LogP) is 5.49. The Balaban J connectivity index is 1.72. The Kier molecular flexibility index (Phi) is 11.2. The van der Waals surface area contributed by atoms with Crippen LogP contribution in [0.2, 0.25) is 0 Å². The van der Waals surface area contributed by atoms with E-state index < -0.39 is 0 Å². The van der Waals surface area contributed by atoms with E-state index in [1.165, 1.54) is 7.11 Å². The Bertz CT molecular complexity index is 851. The average Bonchev–Trinajstić information content (AvgIpc) is 2.79. The molecule has 6 nitrogen and oxygen atoms in total. The van der Waals surface area contributed by atoms with Crippen molar-refractivity contribution in [3.05, 3.63) is 65.2 Å². The Morgan fingerprint density at radius 2 is 1.59 bits per heavy atom. The van der Waals surface area contributed by atoms with Gasteiger partial charge in [-0.05, 0) is 81.1 Å². The van der Waals surface area contributed by atoms with Gasteiger partial charge in [0.25, 0.3) is 0 Å². The van der Waals surface area contributed by atoms with Gasteiger partial charge in [-0.2, -0.15) is 0 Å². The van der Waals surface area contributed by atoms with Crippen LogP contribution < -0.4 is 14.2 Å². The standard InChI is InChI=1S/C26H35NO5/c1-6-7-15-31-24-17-20(2)26(21(3)18-24)32-16-9-8-14-30-19-25(27-29-5)22-10-12-23(28-4)13-11-22/h6-7,10-13,17-18H,8-9,14-16,19H2,1-5H3/b7-6+,27-25-. The minimum atomic E-state index is 0.383. The first-order chi connectivity index (χ1) is 15.6. The molecular weight excluding hydrogens is 406 g/mol. The van der Waals surface area contributed by atoms with E-state index in [4.69, 9.17) is 23.8 Å². The minimum Gasteiger partial charge on any atom is -0.497 e. The number of aryl methyl sites for hydroxylation is 2. The van der Waals surface area contributed by atoms with Gasteiger partial charge < -0.3 is 23.8 Å². The summed E-state index contributed by atoms with van der Waals surface area (Å²) in [7, 11) is 3.18. The smallest absolute Gasteiger partial charge is 0.125 e. The molecular formula is C26H35NO5. The topological polar surface area (TPSA) is 58.5 Å². The van der Waals surface area contributed by atoms with Gasteiger partial charge in [0.1, 0.15) is 36.7 Å². The van der Waals surface area contributed by atoms with E-state index in [1.807, 2.05) is 69.3 Å². The van der Waals surface area contributed by atoms with Gasteiger partial charge in [-0.3, -0.25) is 0 Å². The maximum Gasteiger partial charge on any atom is 0.125 e. The summed E-state index contributed by atoms with van der Waals surface area (Å²) in [6, 6.07) is 11.7. The van der Waals surface area contributed by atoms with Crippen LogP contribution in [0.25, 0.3) is 0 Å². The molecule has 0 aliphatic carbocycles. The number of nitrogens with zero attached hydrogens (tertiary/aromatic N) is 1. The van der Waals surface area contributed by atoms with Gasteiger partial charge in [0, 0.05) is 12.2 Å². The quantitative estimate of drug-likeness (QED) is 0.168. The molecule has 174 valence electrons. The van der Waals surface area contributed by atoms with Gasteiger partial charge in [0.2, 0.25) is 0 Å². The summed E-state index contributed by atoms with van der Waals surface area (Å²) in [5, 5.41) is 4.09. The SMILES string of the molecule is C/C=C/COc1cc(C)c(OCCCCOC/C(=N/OC)c2ccc(OC)cc2)c(C)c1. The summed E-state index contributed by atoms with van der Waals surface area (Å²) < 4.78 is 22.8. The maximum absolute atomic E-state index is 6.02. The van der Waals surface area contributed by atoms with Crippen LogP contribution >= 0.6 is 0 Å². The number of rotatable bonds is 14. The van der Waals surface area contributed by atoms with Crippen molar-refractivity contribution in [2.75, 3.05) is 40.6 Å². The van der Waals surface area contributed by atoms with Gasteiger partial charge in [-0.1, -0.05) is 17.3 Å². The van der Waals surface area contributed by atoms with Crippen molar-refractivity contribution < 1.29 is 23.8 Å². The van der Waals surface area contributed by atoms with Crippen molar-refractivity contribution in [1.29, 1.82) is 0 Å². The third-order valence-electron chi connectivity index (χ3n) is 4.81. The number of benzene rings is 2. The first kappa shape index (κ1) is 25.3. The number of ether oxygens (including phenoxy) is 4. The van der Waals surface area contributed by atoms with E-state index in [2.05, 4.69) is 5.16 Å². The lowest BCUT2D eigenvalue weighted by atomic mass is 10.1. The zero-order chi connectivity index (χ0) is 23.2. The van der Waals surface area contributed by atoms with Gasteiger partial charge in [-0.15, -0.1) is 0 Å². The molecule has 0 radical (unpaired) electrons. The molecule has 32 heavy (non-hydrogen) atoms. The van der Waals surface area contributed by atoms with E-state index in [0.29, 0.717) is 26.4 Å². The lowest BCUT2D eigenvalue weighted by Crippen LogP contribution is -2.12. The van der Waals surface area contributed by atoms with E-state index in [9.17, 15) is 0 Å². The highest BCUT2D eigenvalue weighted by Gasteiger charge is 2.08. The molecule has 0 amide bonds. The van der Waals surface area contributed by atoms with Gasteiger partial charge in [0.15, 0.2) is 0 Å². The van der Waals surface area contributed by atoms with Gasteiger partial charge in [0.05, 0.1) is 20.3 Å². The Labute approximate surface area is 191 Å². The molecule has 0 saturated heterocycles. The van der Waals surface area contributed by atoms with Crippen LogP contribution in [0.15, 0.2) is 53.7 Å². The predicted molar refractivity (Wildman–Crippen MR) is 128 cm³/mol. The monoisotopic (exact) mass is 441 g/mol. The second kappa shape index (κ2) is 14.1. The normalized spacial score (nSPS) is 11.6. The minimum absolute atomic E-state index is 0.383. The van der Waals surface area contributed by atoms with Crippen LogP contribution in [0, 0.1) is 13.8 Å². The Morgan fingerprint density at radius 3 is 2.22 bits per heavy atom. The number of allylic oxidation sites excluding steroid dienone is 1. The van der Waals surface area contributed by atoms with Crippen LogP contribution in [0.1, 0.15) is 36.5 Å². The lowest BCUT2D eigenvalue weighted by Gasteiger charge is -2.14. The van der Waals surface area contributed by atoms with E-state index in [1.54, 1.807) is 7.11 Å². The highest BCUT2D eigenvalue weighted by atomic mass is 16.6. The molecule has 0 aromatic heterocycles. The van der Waals surface area contributed by atoms with Crippen LogP contribution in [0.5, 0.6) is 17.2 Å². The summed E-state index contributed by atoms with van der Waals surface area (Å²) in [5.41, 5.74) is 3.85. The van der Waals surface area contributed by atoms with E-state index in [0.717, 1.165) is 52.5 Å². The first-order valence-corrected chi connectivity index (χ1v) is 10.9. The van der Waals surface area contributed by atoms with Gasteiger partial charge >= 0.3 is 0 Å². The molecule has 2 aromatic rings. The number of oxime groups is 1. The van der Waals surface area contributed by atoms with Crippen molar-refractivity contribution in [3.8, 4) is 17.2 Å². The summed E-state index contributed by atoms with van der Waals surface area (Å²) in [6.07, 6.45) is 5.76. The summed E-state index contributed by atoms with van der Waals surface area (Å²) in [4.78, 5) is 4.96. The zero-order valence-corrected chi connectivity index (χ0v) is 19.8. The molecule has 0 saturated carbocycles. The molecule has 6 heteroatoms. The second-order valence-electron chi connectivity index (χ2n) is 7.32. The van der Waals surface area contributed by atoms with Crippen molar-refractivity contribution in [3.63, 3.8) is 0 Å². The van der Waals surface area contributed by atoms with Crippen molar-refractivity contribution in [2.45, 2.75) is 33.6 Å². The lowest BCUT2D eigenvalue weighted by molar-refractivity contribution is 0.154. The van der Waals surface area contributed by atoms with Crippen LogP contribution in [0.4, 0.5) is 0 Å². The number of unbranched alkanes of at least 4 members (excludes halogenated alkanes) is 1. The molecule has 2 rings (SSSR count). The molecule has 0 atom stereocenters. The van der Waals surface area contributed by atoms with Crippen LogP contribution in [0.3, 0.4) is 0 Å². The molecule has 0 N–H and O–H groups in total. The van der Waals surface area contributed by atoms with Crippen molar-refractivity contribution in [1.82, 2.24) is 0 Å². The van der Waals surface area contributed by atoms with Crippen molar-refractivity contribution >= 4 is 5.71 Å². The fourth-order valence-corrected chi connectivity index (χ4v) is 3.17. The summed E-state index contributed by atoms with van der Waals surface area (Å²) in [5.74, 6) is 2.59. The maximum atomic E-state index is 6.02. The molecule has 0 bridgehead atoms. The molecule has 0 aliphatic heterocycles. The summed E-state index contributed by atoms with van der Waals surface area (Å²) in [6.45, 7) is 8.29. The third-order valence-corrected chi connectivity index (χ3v) is 4.81. The van der Waals surface area contributed by atoms with Crippen LogP contribution in [-0.4, -0.2) is 46.4 Å².